The minimum absolute atomic E-state index is 0.144. The molecular formula is C23H21ClFNO2S. The Balaban J connectivity index is 1.39. The van der Waals surface area contributed by atoms with Gasteiger partial charge < -0.3 is 9.64 Å². The number of hydrogen-bond acceptors (Lipinski definition) is 3. The van der Waals surface area contributed by atoms with Crippen LogP contribution in [0.4, 0.5) is 9.18 Å². The fourth-order valence-electron chi connectivity index (χ4n) is 3.72. The number of rotatable bonds is 3. The van der Waals surface area contributed by atoms with Crippen LogP contribution < -0.4 is 4.74 Å². The zero-order chi connectivity index (χ0) is 20.4. The summed E-state index contributed by atoms with van der Waals surface area (Å²) in [5.74, 6) is 0.410. The van der Waals surface area contributed by atoms with Crippen molar-refractivity contribution in [3.63, 3.8) is 0 Å². The second kappa shape index (κ2) is 8.64. The molecule has 1 fully saturated rings. The molecule has 6 heteroatoms. The van der Waals surface area contributed by atoms with Crippen molar-refractivity contribution in [1.82, 2.24) is 4.90 Å². The summed E-state index contributed by atoms with van der Waals surface area (Å²) in [6.45, 7) is 1.20. The summed E-state index contributed by atoms with van der Waals surface area (Å²) in [4.78, 5) is 15.5. The standard InChI is InChI=1S/C23H21ClFNO2S/c1-29-20-6-3-15-2-5-19(12-18(15)13-20)28-23(27)26-10-8-16(9-11-26)17-4-7-22(25)21(24)14-17/h2-7,12-14,16H,8-11H2,1H3. The van der Waals surface area contributed by atoms with Gasteiger partial charge in [0.25, 0.3) is 0 Å². The highest BCUT2D eigenvalue weighted by Crippen LogP contribution is 2.31. The molecule has 0 radical (unpaired) electrons. The van der Waals surface area contributed by atoms with Gasteiger partial charge in [0.15, 0.2) is 0 Å². The quantitative estimate of drug-likeness (QED) is 0.432. The van der Waals surface area contributed by atoms with E-state index < -0.39 is 5.82 Å². The van der Waals surface area contributed by atoms with Crippen molar-refractivity contribution in [2.24, 2.45) is 0 Å². The van der Waals surface area contributed by atoms with Crippen LogP contribution >= 0.6 is 23.4 Å². The number of carbonyl (C=O) groups is 1. The van der Waals surface area contributed by atoms with E-state index in [1.54, 1.807) is 28.8 Å². The number of fused-ring (bicyclic) bond motifs is 1. The minimum Gasteiger partial charge on any atom is -0.410 e. The van der Waals surface area contributed by atoms with Gasteiger partial charge in [0.05, 0.1) is 5.02 Å². The van der Waals surface area contributed by atoms with Crippen LogP contribution in [0.2, 0.25) is 5.02 Å². The second-order valence-electron chi connectivity index (χ2n) is 7.18. The third kappa shape index (κ3) is 4.51. The van der Waals surface area contributed by atoms with Crippen LogP contribution in [0.15, 0.2) is 59.5 Å². The lowest BCUT2D eigenvalue weighted by Crippen LogP contribution is -2.39. The third-order valence-electron chi connectivity index (χ3n) is 5.39. The van der Waals surface area contributed by atoms with Gasteiger partial charge >= 0.3 is 6.09 Å². The number of piperidine rings is 1. The molecular weight excluding hydrogens is 409 g/mol. The van der Waals surface area contributed by atoms with E-state index in [1.807, 2.05) is 24.5 Å². The van der Waals surface area contributed by atoms with Crippen LogP contribution in [0.5, 0.6) is 5.75 Å². The van der Waals surface area contributed by atoms with Gasteiger partial charge in [-0.1, -0.05) is 29.8 Å². The van der Waals surface area contributed by atoms with Crippen LogP contribution in [-0.2, 0) is 0 Å². The molecule has 1 heterocycles. The average Bonchev–Trinajstić information content (AvgIpc) is 2.75. The molecule has 0 N–H and O–H groups in total. The summed E-state index contributed by atoms with van der Waals surface area (Å²) in [5, 5.41) is 2.31. The molecule has 0 atom stereocenters. The molecule has 4 rings (SSSR count). The predicted molar refractivity (Wildman–Crippen MR) is 117 cm³/mol. The van der Waals surface area contributed by atoms with Crippen molar-refractivity contribution in [3.05, 3.63) is 71.0 Å². The van der Waals surface area contributed by atoms with Crippen LogP contribution in [0.1, 0.15) is 24.3 Å². The topological polar surface area (TPSA) is 29.5 Å². The highest BCUT2D eigenvalue weighted by molar-refractivity contribution is 7.98. The summed E-state index contributed by atoms with van der Waals surface area (Å²) >= 11 is 7.58. The molecule has 0 aliphatic carbocycles. The highest BCUT2D eigenvalue weighted by Gasteiger charge is 2.25. The number of halogens is 2. The lowest BCUT2D eigenvalue weighted by molar-refractivity contribution is 0.139. The number of benzene rings is 3. The maximum absolute atomic E-state index is 13.4. The first-order chi connectivity index (χ1) is 14.0. The zero-order valence-electron chi connectivity index (χ0n) is 16.0. The second-order valence-corrected chi connectivity index (χ2v) is 8.46. The van der Waals surface area contributed by atoms with Crippen molar-refractivity contribution in [3.8, 4) is 5.75 Å². The Morgan fingerprint density at radius 1 is 1.07 bits per heavy atom. The predicted octanol–water partition coefficient (Wildman–Crippen LogP) is 6.73. The number of amides is 1. The van der Waals surface area contributed by atoms with Gasteiger partial charge in [-0.05, 0) is 77.7 Å². The van der Waals surface area contributed by atoms with E-state index >= 15 is 0 Å². The van der Waals surface area contributed by atoms with Crippen LogP contribution in [-0.4, -0.2) is 30.3 Å². The smallest absolute Gasteiger partial charge is 0.410 e. The Kier molecular flexibility index (Phi) is 5.97. The lowest BCUT2D eigenvalue weighted by atomic mass is 9.89. The minimum atomic E-state index is -0.406. The van der Waals surface area contributed by atoms with Gasteiger partial charge in [0.2, 0.25) is 0 Å². The first-order valence-corrected chi connectivity index (χ1v) is 11.1. The van der Waals surface area contributed by atoms with E-state index in [0.717, 1.165) is 29.2 Å². The van der Waals surface area contributed by atoms with Crippen LogP contribution in [0, 0.1) is 5.82 Å². The first-order valence-electron chi connectivity index (χ1n) is 9.53. The summed E-state index contributed by atoms with van der Waals surface area (Å²) in [6, 6.07) is 16.8. The van der Waals surface area contributed by atoms with Crippen molar-refractivity contribution in [1.29, 1.82) is 0 Å². The lowest BCUT2D eigenvalue weighted by Gasteiger charge is -2.31. The Bertz CT molecular complexity index is 1050. The SMILES string of the molecule is CSc1ccc2ccc(OC(=O)N3CCC(c4ccc(F)c(Cl)c4)CC3)cc2c1. The van der Waals surface area contributed by atoms with E-state index in [2.05, 4.69) is 18.2 Å². The van der Waals surface area contributed by atoms with Gasteiger partial charge in [-0.3, -0.25) is 0 Å². The molecule has 0 spiro atoms. The van der Waals surface area contributed by atoms with E-state index in [-0.39, 0.29) is 17.0 Å². The molecule has 1 saturated heterocycles. The van der Waals surface area contributed by atoms with Crippen LogP contribution in [0.25, 0.3) is 10.8 Å². The Morgan fingerprint density at radius 2 is 1.83 bits per heavy atom. The fraction of sp³-hybridized carbons (Fsp3) is 0.261. The van der Waals surface area contributed by atoms with Crippen molar-refractivity contribution >= 4 is 40.2 Å². The summed E-state index contributed by atoms with van der Waals surface area (Å²) in [5.41, 5.74) is 1.02. The fourth-order valence-corrected chi connectivity index (χ4v) is 4.36. The molecule has 1 amide bonds. The third-order valence-corrected chi connectivity index (χ3v) is 6.41. The molecule has 1 aliphatic rings. The Hall–Kier alpha value is -2.24. The molecule has 3 aromatic rings. The van der Waals surface area contributed by atoms with Crippen molar-refractivity contribution in [2.45, 2.75) is 23.7 Å². The molecule has 3 aromatic carbocycles. The van der Waals surface area contributed by atoms with Crippen molar-refractivity contribution < 1.29 is 13.9 Å². The van der Waals surface area contributed by atoms with E-state index in [9.17, 15) is 9.18 Å². The summed E-state index contributed by atoms with van der Waals surface area (Å²) in [7, 11) is 0. The maximum atomic E-state index is 13.4. The van der Waals surface area contributed by atoms with Gasteiger partial charge in [-0.2, -0.15) is 0 Å². The number of likely N-dealkylation sites (tertiary alicyclic amines) is 1. The average molecular weight is 430 g/mol. The van der Waals surface area contributed by atoms with E-state index in [0.29, 0.717) is 18.8 Å². The Morgan fingerprint density at radius 3 is 2.55 bits per heavy atom. The number of nitrogens with zero attached hydrogens (tertiary/aromatic N) is 1. The number of ether oxygens (including phenoxy) is 1. The van der Waals surface area contributed by atoms with E-state index in [4.69, 9.17) is 16.3 Å². The molecule has 0 aromatic heterocycles. The summed E-state index contributed by atoms with van der Waals surface area (Å²) < 4.78 is 19.0. The molecule has 3 nitrogen and oxygen atoms in total. The highest BCUT2D eigenvalue weighted by atomic mass is 35.5. The van der Waals surface area contributed by atoms with Gasteiger partial charge in [-0.15, -0.1) is 11.8 Å². The van der Waals surface area contributed by atoms with Crippen LogP contribution in [0.3, 0.4) is 0 Å². The van der Waals surface area contributed by atoms with Gasteiger partial charge in [0, 0.05) is 18.0 Å². The normalized spacial score (nSPS) is 14.9. The zero-order valence-corrected chi connectivity index (χ0v) is 17.6. The molecule has 0 unspecified atom stereocenters. The number of carbonyl (C=O) groups excluding carboxylic acids is 1. The first kappa shape index (κ1) is 20.0. The monoisotopic (exact) mass is 429 g/mol. The van der Waals surface area contributed by atoms with Gasteiger partial charge in [-0.25, -0.2) is 9.18 Å². The largest absolute Gasteiger partial charge is 0.415 e. The molecule has 29 heavy (non-hydrogen) atoms. The molecule has 150 valence electrons. The van der Waals surface area contributed by atoms with Crippen molar-refractivity contribution in [2.75, 3.05) is 19.3 Å². The molecule has 0 saturated carbocycles. The van der Waals surface area contributed by atoms with E-state index in [1.165, 1.54) is 11.0 Å². The Labute approximate surface area is 178 Å². The molecule has 0 bridgehead atoms. The number of thioether (sulfide) groups is 1. The maximum Gasteiger partial charge on any atom is 0.415 e. The summed E-state index contributed by atoms with van der Waals surface area (Å²) in [6.07, 6.45) is 3.30. The number of hydrogen-bond donors (Lipinski definition) is 0. The molecule has 1 aliphatic heterocycles. The van der Waals surface area contributed by atoms with Gasteiger partial charge in [0.1, 0.15) is 11.6 Å².